The summed E-state index contributed by atoms with van der Waals surface area (Å²) in [5.74, 6) is 0.111. The number of nitrogens with zero attached hydrogens (tertiary/aromatic N) is 1. The summed E-state index contributed by atoms with van der Waals surface area (Å²) in [7, 11) is 0. The average Bonchev–Trinajstić information content (AvgIpc) is 2.62. The largest absolute Gasteiger partial charge is 0.488 e. The van der Waals surface area contributed by atoms with Crippen LogP contribution in [-0.4, -0.2) is 12.1 Å². The third-order valence-electron chi connectivity index (χ3n) is 3.65. The van der Waals surface area contributed by atoms with Gasteiger partial charge in [-0.05, 0) is 34.5 Å². The molecule has 0 saturated heterocycles. The first-order chi connectivity index (χ1) is 12.1. The zero-order valence-corrected chi connectivity index (χ0v) is 13.7. The zero-order chi connectivity index (χ0) is 17.6. The summed E-state index contributed by atoms with van der Waals surface area (Å²) in [4.78, 5) is 11.0. The van der Waals surface area contributed by atoms with Crippen molar-refractivity contribution in [3.8, 4) is 5.75 Å². The Kier molecular flexibility index (Phi) is 5.04. The van der Waals surface area contributed by atoms with Gasteiger partial charge in [0.05, 0.1) is 6.21 Å². The Morgan fingerprint density at radius 3 is 2.64 bits per heavy atom. The Balaban J connectivity index is 1.91. The topological polar surface area (TPSA) is 50.7 Å². The molecule has 0 radical (unpaired) electrons. The second kappa shape index (κ2) is 7.57. The molecule has 126 valence electrons. The number of halogens is 1. The van der Waals surface area contributed by atoms with Crippen LogP contribution in [0.1, 0.15) is 18.1 Å². The van der Waals surface area contributed by atoms with Crippen molar-refractivity contribution in [2.75, 3.05) is 0 Å². The summed E-state index contributed by atoms with van der Waals surface area (Å²) in [6.07, 6.45) is 1.57. The molecule has 0 fully saturated rings. The zero-order valence-electron chi connectivity index (χ0n) is 13.7. The lowest BCUT2D eigenvalue weighted by Crippen LogP contribution is -2.12. The van der Waals surface area contributed by atoms with E-state index < -0.39 is 0 Å². The van der Waals surface area contributed by atoms with Gasteiger partial charge in [-0.15, -0.1) is 0 Å². The molecule has 0 aliphatic rings. The van der Waals surface area contributed by atoms with Gasteiger partial charge in [0.15, 0.2) is 0 Å². The number of ether oxygens (including phenoxy) is 1. The lowest BCUT2D eigenvalue weighted by Gasteiger charge is -2.12. The first-order valence-corrected chi connectivity index (χ1v) is 7.82. The van der Waals surface area contributed by atoms with E-state index in [0.29, 0.717) is 12.4 Å². The molecule has 0 saturated carbocycles. The van der Waals surface area contributed by atoms with Crippen LogP contribution < -0.4 is 10.2 Å². The molecule has 0 aromatic heterocycles. The maximum absolute atomic E-state index is 13.0. The SMILES string of the molecule is CC(=O)NN=Cc1c(OCc2ccc(F)cc2)ccc2ccccc12. The Hall–Kier alpha value is -3.21. The normalized spacial score (nSPS) is 11.0. The lowest BCUT2D eigenvalue weighted by molar-refractivity contribution is -0.118. The molecule has 0 atom stereocenters. The summed E-state index contributed by atoms with van der Waals surface area (Å²) < 4.78 is 18.9. The highest BCUT2D eigenvalue weighted by Gasteiger charge is 2.08. The molecular weight excluding hydrogens is 319 g/mol. The number of benzene rings is 3. The second-order valence-electron chi connectivity index (χ2n) is 5.54. The van der Waals surface area contributed by atoms with Crippen molar-refractivity contribution in [2.45, 2.75) is 13.5 Å². The van der Waals surface area contributed by atoms with Gasteiger partial charge in [-0.25, -0.2) is 9.82 Å². The number of hydrogen-bond donors (Lipinski definition) is 1. The molecule has 1 amide bonds. The van der Waals surface area contributed by atoms with E-state index in [-0.39, 0.29) is 11.7 Å². The van der Waals surface area contributed by atoms with Gasteiger partial charge in [-0.2, -0.15) is 5.10 Å². The van der Waals surface area contributed by atoms with Crippen LogP contribution in [0.15, 0.2) is 65.8 Å². The average molecular weight is 336 g/mol. The molecule has 0 spiro atoms. The molecular formula is C20H17FN2O2. The predicted octanol–water partition coefficient (Wildman–Crippen LogP) is 4.03. The van der Waals surface area contributed by atoms with Crippen molar-refractivity contribution in [3.63, 3.8) is 0 Å². The predicted molar refractivity (Wildman–Crippen MR) is 96.1 cm³/mol. The van der Waals surface area contributed by atoms with E-state index >= 15 is 0 Å². The molecule has 3 rings (SSSR count). The first-order valence-electron chi connectivity index (χ1n) is 7.82. The molecule has 0 aliphatic carbocycles. The minimum Gasteiger partial charge on any atom is -0.488 e. The van der Waals surface area contributed by atoms with Crippen LogP contribution >= 0.6 is 0 Å². The molecule has 3 aromatic carbocycles. The number of nitrogens with one attached hydrogen (secondary N) is 1. The van der Waals surface area contributed by atoms with Crippen molar-refractivity contribution in [1.82, 2.24) is 5.43 Å². The van der Waals surface area contributed by atoms with E-state index in [9.17, 15) is 9.18 Å². The lowest BCUT2D eigenvalue weighted by atomic mass is 10.0. The van der Waals surface area contributed by atoms with Crippen molar-refractivity contribution in [3.05, 3.63) is 77.6 Å². The number of hydrogen-bond acceptors (Lipinski definition) is 3. The van der Waals surface area contributed by atoms with Crippen LogP contribution in [0.4, 0.5) is 4.39 Å². The van der Waals surface area contributed by atoms with Gasteiger partial charge in [0.2, 0.25) is 5.91 Å². The monoisotopic (exact) mass is 336 g/mol. The van der Waals surface area contributed by atoms with E-state index in [1.807, 2.05) is 36.4 Å². The van der Waals surface area contributed by atoms with Crippen LogP contribution in [0, 0.1) is 5.82 Å². The highest BCUT2D eigenvalue weighted by Crippen LogP contribution is 2.27. The summed E-state index contributed by atoms with van der Waals surface area (Å²) in [6.45, 7) is 1.70. The highest BCUT2D eigenvalue weighted by atomic mass is 19.1. The van der Waals surface area contributed by atoms with Crippen molar-refractivity contribution in [2.24, 2.45) is 5.10 Å². The Morgan fingerprint density at radius 1 is 1.12 bits per heavy atom. The van der Waals surface area contributed by atoms with Gasteiger partial charge >= 0.3 is 0 Å². The Labute approximate surface area is 144 Å². The van der Waals surface area contributed by atoms with E-state index in [4.69, 9.17) is 4.74 Å². The van der Waals surface area contributed by atoms with Gasteiger partial charge in [0, 0.05) is 12.5 Å². The Morgan fingerprint density at radius 2 is 1.88 bits per heavy atom. The number of amides is 1. The van der Waals surface area contributed by atoms with E-state index in [0.717, 1.165) is 21.9 Å². The van der Waals surface area contributed by atoms with E-state index in [1.54, 1.807) is 18.3 Å². The Bertz CT molecular complexity index is 921. The van der Waals surface area contributed by atoms with Crippen molar-refractivity contribution < 1.29 is 13.9 Å². The van der Waals surface area contributed by atoms with Gasteiger partial charge in [-0.3, -0.25) is 4.79 Å². The molecule has 0 unspecified atom stereocenters. The smallest absolute Gasteiger partial charge is 0.236 e. The number of fused-ring (bicyclic) bond motifs is 1. The van der Waals surface area contributed by atoms with Crippen LogP contribution in [0.2, 0.25) is 0 Å². The fraction of sp³-hybridized carbons (Fsp3) is 0.100. The van der Waals surface area contributed by atoms with Gasteiger partial charge in [0.1, 0.15) is 18.2 Å². The van der Waals surface area contributed by atoms with Gasteiger partial charge in [-0.1, -0.05) is 42.5 Å². The van der Waals surface area contributed by atoms with Crippen molar-refractivity contribution in [1.29, 1.82) is 0 Å². The number of hydrazone groups is 1. The molecule has 25 heavy (non-hydrogen) atoms. The minimum atomic E-state index is -0.280. The van der Waals surface area contributed by atoms with Crippen LogP contribution in [0.25, 0.3) is 10.8 Å². The third-order valence-corrected chi connectivity index (χ3v) is 3.65. The molecule has 3 aromatic rings. The fourth-order valence-electron chi connectivity index (χ4n) is 2.46. The van der Waals surface area contributed by atoms with E-state index in [2.05, 4.69) is 10.5 Å². The number of carbonyl (C=O) groups is 1. The van der Waals surface area contributed by atoms with Crippen LogP contribution in [0.3, 0.4) is 0 Å². The quantitative estimate of drug-likeness (QED) is 0.565. The molecule has 4 nitrogen and oxygen atoms in total. The maximum Gasteiger partial charge on any atom is 0.236 e. The van der Waals surface area contributed by atoms with Gasteiger partial charge < -0.3 is 4.74 Å². The molecule has 1 N–H and O–H groups in total. The highest BCUT2D eigenvalue weighted by molar-refractivity contribution is 6.02. The van der Waals surface area contributed by atoms with Crippen LogP contribution in [0.5, 0.6) is 5.75 Å². The molecule has 0 bridgehead atoms. The number of rotatable bonds is 5. The van der Waals surface area contributed by atoms with Crippen LogP contribution in [-0.2, 0) is 11.4 Å². The minimum absolute atomic E-state index is 0.245. The molecule has 0 aliphatic heterocycles. The number of carbonyl (C=O) groups excluding carboxylic acids is 1. The van der Waals surface area contributed by atoms with Gasteiger partial charge in [0.25, 0.3) is 0 Å². The van der Waals surface area contributed by atoms with E-state index in [1.165, 1.54) is 19.1 Å². The summed E-state index contributed by atoms with van der Waals surface area (Å²) in [6, 6.07) is 17.8. The first kappa shape index (κ1) is 16.6. The summed E-state index contributed by atoms with van der Waals surface area (Å²) in [5.41, 5.74) is 4.03. The second-order valence-corrected chi connectivity index (χ2v) is 5.54. The molecule has 0 heterocycles. The third kappa shape index (κ3) is 4.20. The summed E-state index contributed by atoms with van der Waals surface area (Å²) >= 11 is 0. The standard InChI is InChI=1S/C20H17FN2O2/c1-14(24)23-22-12-19-18-5-3-2-4-16(18)8-11-20(19)25-13-15-6-9-17(21)10-7-15/h2-12H,13H2,1H3,(H,23,24). The van der Waals surface area contributed by atoms with Crippen molar-refractivity contribution >= 4 is 22.9 Å². The molecule has 5 heteroatoms. The fourth-order valence-corrected chi connectivity index (χ4v) is 2.46. The maximum atomic E-state index is 13.0. The summed E-state index contributed by atoms with van der Waals surface area (Å²) in [5, 5.41) is 5.97.